The lowest BCUT2D eigenvalue weighted by Crippen LogP contribution is -2.36. The second-order valence-corrected chi connectivity index (χ2v) is 12.2. The number of hydrogen-bond donors (Lipinski definition) is 2. The first-order valence-electron chi connectivity index (χ1n) is 16.4. The quantitative estimate of drug-likeness (QED) is 0.115. The molecule has 0 bridgehead atoms. The average molecular weight is 752 g/mol. The molecule has 1 fully saturated rings. The molecule has 286 valence electrons. The number of anilines is 3. The molecule has 9 nitrogen and oxygen atoms in total. The molecule has 2 N–H and O–H groups in total. The highest BCUT2D eigenvalue weighted by Crippen LogP contribution is 2.38. The number of aliphatic hydroxyl groups is 1. The van der Waals surface area contributed by atoms with Crippen LogP contribution in [0, 0.1) is 0 Å². The van der Waals surface area contributed by atoms with Crippen LogP contribution in [0.25, 0.3) is 0 Å². The zero-order valence-corrected chi connectivity index (χ0v) is 27.9. The van der Waals surface area contributed by atoms with Gasteiger partial charge in [-0.25, -0.2) is 9.97 Å². The van der Waals surface area contributed by atoms with Crippen molar-refractivity contribution in [2.75, 3.05) is 60.7 Å². The van der Waals surface area contributed by atoms with Crippen molar-refractivity contribution < 1.29 is 59.3 Å². The van der Waals surface area contributed by atoms with Gasteiger partial charge in [0, 0.05) is 51.4 Å². The maximum atomic E-state index is 14.0. The van der Waals surface area contributed by atoms with Crippen LogP contribution in [0.15, 0.2) is 48.8 Å². The van der Waals surface area contributed by atoms with E-state index in [1.54, 1.807) is 4.90 Å². The number of benzene rings is 2. The molecule has 3 aromatic rings. The van der Waals surface area contributed by atoms with Gasteiger partial charge in [0.1, 0.15) is 0 Å². The molecule has 2 heterocycles. The third-order valence-electron chi connectivity index (χ3n) is 8.35. The fraction of sp³-hybridized carbons (Fsp3) is 0.500. The van der Waals surface area contributed by atoms with E-state index in [1.165, 1.54) is 23.4 Å². The van der Waals surface area contributed by atoms with Crippen molar-refractivity contribution in [1.82, 2.24) is 9.97 Å². The summed E-state index contributed by atoms with van der Waals surface area (Å²) in [7, 11) is 0. The number of nitrogens with zero attached hydrogens (tertiary/aromatic N) is 5. The number of ether oxygens (including phenoxy) is 1. The summed E-state index contributed by atoms with van der Waals surface area (Å²) in [6.07, 6.45) is -10.2. The second kappa shape index (κ2) is 17.5. The van der Waals surface area contributed by atoms with Gasteiger partial charge >= 0.3 is 24.5 Å². The van der Waals surface area contributed by atoms with Crippen LogP contribution >= 0.6 is 0 Å². The Morgan fingerprint density at radius 2 is 1.35 bits per heavy atom. The molecule has 18 heteroatoms. The van der Waals surface area contributed by atoms with Crippen molar-refractivity contribution >= 4 is 23.3 Å². The first-order valence-corrected chi connectivity index (χ1v) is 16.4. The van der Waals surface area contributed by atoms with Gasteiger partial charge in [-0.1, -0.05) is 12.8 Å². The third kappa shape index (κ3) is 11.6. The largest absolute Gasteiger partial charge is 0.481 e. The summed E-state index contributed by atoms with van der Waals surface area (Å²) in [5, 5.41) is 18.7. The van der Waals surface area contributed by atoms with Crippen LogP contribution in [-0.4, -0.2) is 72.1 Å². The van der Waals surface area contributed by atoms with Gasteiger partial charge in [0.2, 0.25) is 5.95 Å². The summed E-state index contributed by atoms with van der Waals surface area (Å²) in [4.78, 5) is 24.2. The Bertz CT molecular complexity index is 1580. The van der Waals surface area contributed by atoms with E-state index in [4.69, 9.17) is 9.84 Å². The van der Waals surface area contributed by atoms with E-state index in [-0.39, 0.29) is 49.4 Å². The first-order chi connectivity index (χ1) is 24.5. The van der Waals surface area contributed by atoms with Crippen molar-refractivity contribution in [2.24, 2.45) is 0 Å². The van der Waals surface area contributed by atoms with Crippen LogP contribution in [0.1, 0.15) is 59.9 Å². The van der Waals surface area contributed by atoms with Crippen molar-refractivity contribution in [3.05, 3.63) is 76.6 Å². The Morgan fingerprint density at radius 3 is 1.90 bits per heavy atom. The van der Waals surface area contributed by atoms with E-state index in [0.29, 0.717) is 69.8 Å². The van der Waals surface area contributed by atoms with Crippen molar-refractivity contribution in [2.45, 2.75) is 63.7 Å². The minimum absolute atomic E-state index is 0.00183. The van der Waals surface area contributed by atoms with E-state index >= 15 is 0 Å². The Hall–Kier alpha value is -4.32. The Balaban J connectivity index is 1.76. The van der Waals surface area contributed by atoms with Gasteiger partial charge in [-0.15, -0.1) is 0 Å². The average Bonchev–Trinajstić information content (AvgIpc) is 3.08. The monoisotopic (exact) mass is 751 g/mol. The van der Waals surface area contributed by atoms with Gasteiger partial charge in [0.25, 0.3) is 0 Å². The van der Waals surface area contributed by atoms with Crippen molar-refractivity contribution in [3.63, 3.8) is 0 Å². The van der Waals surface area contributed by atoms with E-state index < -0.39 is 59.8 Å². The zero-order valence-electron chi connectivity index (χ0n) is 27.9. The van der Waals surface area contributed by atoms with Gasteiger partial charge < -0.3 is 29.6 Å². The maximum Gasteiger partial charge on any atom is 0.416 e. The lowest BCUT2D eigenvalue weighted by Gasteiger charge is -2.31. The Morgan fingerprint density at radius 1 is 0.750 bits per heavy atom. The van der Waals surface area contributed by atoms with E-state index in [2.05, 4.69) is 9.97 Å². The highest BCUT2D eigenvalue weighted by atomic mass is 19.4. The van der Waals surface area contributed by atoms with Gasteiger partial charge in [0.05, 0.1) is 54.6 Å². The number of aliphatic hydroxyl groups excluding tert-OH is 1. The number of unbranched alkanes of at least 4 members (excludes halogenated alkanes) is 3. The summed E-state index contributed by atoms with van der Waals surface area (Å²) in [5.74, 6) is -1.11. The smallest absolute Gasteiger partial charge is 0.416 e. The number of carboxylic acids is 1. The summed E-state index contributed by atoms with van der Waals surface area (Å²) in [5.41, 5.74) is -3.81. The molecule has 1 aliphatic rings. The van der Waals surface area contributed by atoms with Crippen LogP contribution < -0.4 is 14.7 Å². The minimum Gasteiger partial charge on any atom is -0.481 e. The number of carboxylic acid groups (broad SMARTS) is 1. The molecule has 0 spiro atoms. The fourth-order valence-electron chi connectivity index (χ4n) is 5.80. The van der Waals surface area contributed by atoms with Gasteiger partial charge in [-0.2, -0.15) is 39.5 Å². The number of morpholine rings is 1. The van der Waals surface area contributed by atoms with Gasteiger partial charge in [-0.05, 0) is 60.4 Å². The second-order valence-electron chi connectivity index (χ2n) is 12.2. The topological polar surface area (TPSA) is 102 Å². The number of alkyl halides is 9. The fourth-order valence-corrected chi connectivity index (χ4v) is 5.80. The molecule has 0 unspecified atom stereocenters. The molecule has 52 heavy (non-hydrogen) atoms. The van der Waals surface area contributed by atoms with Crippen molar-refractivity contribution in [3.8, 4) is 0 Å². The van der Waals surface area contributed by atoms with Crippen LogP contribution in [0.4, 0.5) is 56.8 Å². The van der Waals surface area contributed by atoms with Crippen LogP contribution in [0.3, 0.4) is 0 Å². The molecule has 1 aliphatic heterocycles. The van der Waals surface area contributed by atoms with Crippen LogP contribution in [0.5, 0.6) is 0 Å². The molecule has 0 amide bonds. The molecule has 1 saturated heterocycles. The van der Waals surface area contributed by atoms with Crippen LogP contribution in [-0.2, 0) is 41.1 Å². The van der Waals surface area contributed by atoms with Gasteiger partial charge in [0.15, 0.2) is 0 Å². The zero-order chi connectivity index (χ0) is 38.1. The summed E-state index contributed by atoms with van der Waals surface area (Å²) in [6, 6.07) is 3.96. The standard InChI is InChI=1S/C34H38F9N5O4/c35-32(36,37)25-6-7-29(47(9-12-49)8-4-2-1-3-5-30(50)51)24(17-25)22-48(31-44-19-28(20-45-31)46-10-13-52-14-11-46)21-23-15-26(33(38,39)40)18-27(16-23)34(41,42)43/h6-7,15-20,49H,1-5,8-14,21-22H2,(H,50,51). The molecule has 2 aromatic carbocycles. The Kier molecular flexibility index (Phi) is 13.6. The van der Waals surface area contributed by atoms with E-state index in [1.807, 2.05) is 4.90 Å². The maximum absolute atomic E-state index is 14.0. The summed E-state index contributed by atoms with van der Waals surface area (Å²) >= 11 is 0. The molecule has 1 aromatic heterocycles. The lowest BCUT2D eigenvalue weighted by molar-refractivity contribution is -0.143. The summed E-state index contributed by atoms with van der Waals surface area (Å²) in [6.45, 7) is 0.582. The molecular formula is C34H38F9N5O4. The van der Waals surface area contributed by atoms with Crippen LogP contribution in [0.2, 0.25) is 0 Å². The number of aromatic nitrogens is 2. The SMILES string of the molecule is O=C(O)CCCCCCN(CCO)c1ccc(C(F)(F)F)cc1CN(Cc1cc(C(F)(F)F)cc(C(F)(F)F)c1)c1ncc(N2CCOCC2)cn1. The van der Waals surface area contributed by atoms with Gasteiger partial charge in [-0.3, -0.25) is 4.79 Å². The number of halogens is 9. The number of hydrogen-bond acceptors (Lipinski definition) is 8. The normalized spacial score (nSPS) is 14.1. The molecule has 0 atom stereocenters. The number of carbonyl (C=O) groups is 1. The molecule has 0 saturated carbocycles. The predicted octanol–water partition coefficient (Wildman–Crippen LogP) is 7.41. The highest BCUT2D eigenvalue weighted by molar-refractivity contribution is 5.66. The number of rotatable bonds is 16. The predicted molar refractivity (Wildman–Crippen MR) is 173 cm³/mol. The number of aliphatic carboxylic acids is 1. The van der Waals surface area contributed by atoms with E-state index in [0.717, 1.165) is 12.1 Å². The molecule has 0 aliphatic carbocycles. The Labute approximate surface area is 293 Å². The first kappa shape index (κ1) is 40.5. The third-order valence-corrected chi connectivity index (χ3v) is 8.35. The summed E-state index contributed by atoms with van der Waals surface area (Å²) < 4.78 is 130. The molecule has 0 radical (unpaired) electrons. The minimum atomic E-state index is -5.14. The van der Waals surface area contributed by atoms with E-state index in [9.17, 15) is 49.4 Å². The lowest BCUT2D eigenvalue weighted by atomic mass is 10.0. The molecule has 4 rings (SSSR count). The van der Waals surface area contributed by atoms with Crippen molar-refractivity contribution in [1.29, 1.82) is 0 Å². The molecular weight excluding hydrogens is 713 g/mol. The highest BCUT2D eigenvalue weighted by Gasteiger charge is 2.37.